The summed E-state index contributed by atoms with van der Waals surface area (Å²) in [6.45, 7) is 0.846. The lowest BCUT2D eigenvalue weighted by Gasteiger charge is -2.28. The summed E-state index contributed by atoms with van der Waals surface area (Å²) in [7, 11) is -1.43. The van der Waals surface area contributed by atoms with E-state index < -0.39 is 9.84 Å². The number of halogens is 1. The van der Waals surface area contributed by atoms with Gasteiger partial charge in [0.15, 0.2) is 9.84 Å². The fourth-order valence-electron chi connectivity index (χ4n) is 2.42. The van der Waals surface area contributed by atoms with E-state index in [-0.39, 0.29) is 23.5 Å². The van der Waals surface area contributed by atoms with Crippen LogP contribution in [0.15, 0.2) is 15.9 Å². The number of thiophene rings is 1. The van der Waals surface area contributed by atoms with Gasteiger partial charge in [-0.1, -0.05) is 0 Å². The second-order valence-electron chi connectivity index (χ2n) is 5.02. The third-order valence-electron chi connectivity index (χ3n) is 3.46. The lowest BCUT2D eigenvalue weighted by molar-refractivity contribution is -0.133. The molecule has 2 rings (SSSR count). The number of hydrogen-bond donors (Lipinski definition) is 0. The molecule has 8 heteroatoms. The number of rotatable bonds is 6. The van der Waals surface area contributed by atoms with Gasteiger partial charge in [-0.25, -0.2) is 8.42 Å². The topological polar surface area (TPSA) is 63.7 Å². The zero-order valence-electron chi connectivity index (χ0n) is 11.7. The Balaban J connectivity index is 2.06. The predicted octanol–water partition coefficient (Wildman–Crippen LogP) is 1.72. The van der Waals surface area contributed by atoms with Crippen LogP contribution in [0.3, 0.4) is 0 Å². The summed E-state index contributed by atoms with van der Waals surface area (Å²) in [6, 6.07) is 3.60. The molecule has 1 atom stereocenters. The molecule has 21 heavy (non-hydrogen) atoms. The van der Waals surface area contributed by atoms with Crippen molar-refractivity contribution in [2.45, 2.75) is 18.9 Å². The smallest absolute Gasteiger partial charge is 0.228 e. The third kappa shape index (κ3) is 4.77. The minimum absolute atomic E-state index is 0.0384. The number of ether oxygens (including phenoxy) is 1. The molecule has 1 aliphatic rings. The second-order valence-corrected chi connectivity index (χ2v) is 9.80. The molecule has 1 saturated heterocycles. The third-order valence-corrected chi connectivity index (χ3v) is 6.83. The normalized spacial score (nSPS) is 20.6. The van der Waals surface area contributed by atoms with Crippen molar-refractivity contribution in [1.29, 1.82) is 0 Å². The predicted molar refractivity (Wildman–Crippen MR) is 86.4 cm³/mol. The van der Waals surface area contributed by atoms with E-state index in [2.05, 4.69) is 15.9 Å². The molecule has 5 nitrogen and oxygen atoms in total. The molecule has 0 N–H and O–H groups in total. The van der Waals surface area contributed by atoms with E-state index in [9.17, 15) is 13.2 Å². The SMILES string of the molecule is COCCN(C(=O)Cc1ccc(Br)s1)C1CCS(=O)(=O)C1. The highest BCUT2D eigenvalue weighted by Gasteiger charge is 2.34. The Morgan fingerprint density at radius 1 is 1.52 bits per heavy atom. The molecule has 0 saturated carbocycles. The molecule has 2 heterocycles. The Labute approximate surface area is 137 Å². The largest absolute Gasteiger partial charge is 0.383 e. The molecule has 1 fully saturated rings. The lowest BCUT2D eigenvalue weighted by atomic mass is 10.2. The molecule has 1 aromatic heterocycles. The maximum atomic E-state index is 12.5. The Morgan fingerprint density at radius 2 is 2.29 bits per heavy atom. The minimum Gasteiger partial charge on any atom is -0.383 e. The van der Waals surface area contributed by atoms with E-state index in [1.54, 1.807) is 12.0 Å². The van der Waals surface area contributed by atoms with Gasteiger partial charge in [0.2, 0.25) is 5.91 Å². The van der Waals surface area contributed by atoms with Gasteiger partial charge in [-0.15, -0.1) is 11.3 Å². The van der Waals surface area contributed by atoms with E-state index in [4.69, 9.17) is 4.74 Å². The molecule has 1 amide bonds. The van der Waals surface area contributed by atoms with Gasteiger partial charge in [-0.3, -0.25) is 4.79 Å². The van der Waals surface area contributed by atoms with E-state index in [1.165, 1.54) is 11.3 Å². The Bertz CT molecular complexity index is 599. The minimum atomic E-state index is -3.01. The monoisotopic (exact) mass is 395 g/mol. The molecule has 0 spiro atoms. The van der Waals surface area contributed by atoms with Crippen LogP contribution >= 0.6 is 27.3 Å². The molecule has 1 aliphatic heterocycles. The Morgan fingerprint density at radius 3 is 2.81 bits per heavy atom. The molecule has 0 aliphatic carbocycles. The lowest BCUT2D eigenvalue weighted by Crippen LogP contribution is -2.43. The van der Waals surface area contributed by atoms with Gasteiger partial charge < -0.3 is 9.64 Å². The zero-order chi connectivity index (χ0) is 15.5. The number of methoxy groups -OCH3 is 1. The molecule has 0 radical (unpaired) electrons. The highest BCUT2D eigenvalue weighted by molar-refractivity contribution is 9.11. The summed E-state index contributed by atoms with van der Waals surface area (Å²) >= 11 is 4.90. The fourth-order valence-corrected chi connectivity index (χ4v) is 5.62. The van der Waals surface area contributed by atoms with Crippen LogP contribution in [0.4, 0.5) is 0 Å². The van der Waals surface area contributed by atoms with Crippen molar-refractivity contribution in [1.82, 2.24) is 4.90 Å². The maximum Gasteiger partial charge on any atom is 0.228 e. The molecular weight excluding hydrogens is 378 g/mol. The van der Waals surface area contributed by atoms with E-state index in [1.807, 2.05) is 12.1 Å². The molecule has 0 bridgehead atoms. The summed E-state index contributed by atoms with van der Waals surface area (Å²) in [5, 5.41) is 0. The average molecular weight is 396 g/mol. The van der Waals surface area contributed by atoms with Crippen LogP contribution in [-0.2, 0) is 25.8 Å². The number of nitrogens with zero attached hydrogens (tertiary/aromatic N) is 1. The van der Waals surface area contributed by atoms with Crippen molar-refractivity contribution in [3.8, 4) is 0 Å². The number of hydrogen-bond acceptors (Lipinski definition) is 5. The van der Waals surface area contributed by atoms with Crippen molar-refractivity contribution in [2.75, 3.05) is 31.8 Å². The van der Waals surface area contributed by atoms with Crippen LogP contribution < -0.4 is 0 Å². The second kappa shape index (κ2) is 7.21. The molecule has 0 aromatic carbocycles. The number of amides is 1. The van der Waals surface area contributed by atoms with Crippen molar-refractivity contribution in [2.24, 2.45) is 0 Å². The van der Waals surface area contributed by atoms with Crippen molar-refractivity contribution in [3.63, 3.8) is 0 Å². The zero-order valence-corrected chi connectivity index (χ0v) is 15.0. The first-order chi connectivity index (χ1) is 9.91. The summed E-state index contributed by atoms with van der Waals surface area (Å²) in [5.74, 6) is 0.193. The average Bonchev–Trinajstić information content (AvgIpc) is 2.96. The van der Waals surface area contributed by atoms with Crippen LogP contribution in [0.1, 0.15) is 11.3 Å². The summed E-state index contributed by atoms with van der Waals surface area (Å²) in [4.78, 5) is 15.1. The molecule has 118 valence electrons. The number of carbonyl (C=O) groups excluding carboxylic acids is 1. The molecular formula is C13H18BrNO4S2. The van der Waals surface area contributed by atoms with Crippen molar-refractivity contribution < 1.29 is 17.9 Å². The first-order valence-electron chi connectivity index (χ1n) is 6.64. The van der Waals surface area contributed by atoms with Gasteiger partial charge in [0, 0.05) is 24.6 Å². The van der Waals surface area contributed by atoms with Gasteiger partial charge in [0.05, 0.1) is 28.3 Å². The highest BCUT2D eigenvalue weighted by atomic mass is 79.9. The Kier molecular flexibility index (Phi) is 5.81. The van der Waals surface area contributed by atoms with E-state index in [0.717, 1.165) is 8.66 Å². The highest BCUT2D eigenvalue weighted by Crippen LogP contribution is 2.24. The van der Waals surface area contributed by atoms with Gasteiger partial charge in [0.25, 0.3) is 0 Å². The van der Waals surface area contributed by atoms with Crippen LogP contribution in [0, 0.1) is 0 Å². The van der Waals surface area contributed by atoms with E-state index in [0.29, 0.717) is 26.0 Å². The van der Waals surface area contributed by atoms with Gasteiger partial charge in [-0.05, 0) is 34.5 Å². The van der Waals surface area contributed by atoms with Crippen LogP contribution in [-0.4, -0.2) is 57.0 Å². The van der Waals surface area contributed by atoms with Crippen molar-refractivity contribution >= 4 is 43.0 Å². The van der Waals surface area contributed by atoms with Gasteiger partial charge >= 0.3 is 0 Å². The van der Waals surface area contributed by atoms with Crippen LogP contribution in [0.2, 0.25) is 0 Å². The standard InChI is InChI=1S/C13H18BrNO4S2/c1-19-6-5-15(10-4-7-21(17,18)9-10)13(16)8-11-2-3-12(14)20-11/h2-3,10H,4-9H2,1H3. The van der Waals surface area contributed by atoms with E-state index >= 15 is 0 Å². The molecule has 1 aromatic rings. The van der Waals surface area contributed by atoms with Gasteiger partial charge in [-0.2, -0.15) is 0 Å². The first-order valence-corrected chi connectivity index (χ1v) is 10.1. The quantitative estimate of drug-likeness (QED) is 0.735. The summed E-state index contributed by atoms with van der Waals surface area (Å²) < 4.78 is 29.3. The van der Waals surface area contributed by atoms with Crippen LogP contribution in [0.25, 0.3) is 0 Å². The van der Waals surface area contributed by atoms with Crippen molar-refractivity contribution in [3.05, 3.63) is 20.8 Å². The van der Waals surface area contributed by atoms with Crippen LogP contribution in [0.5, 0.6) is 0 Å². The first kappa shape index (κ1) is 16.9. The number of carbonyl (C=O) groups is 1. The number of sulfone groups is 1. The fraction of sp³-hybridized carbons (Fsp3) is 0.615. The summed E-state index contributed by atoms with van der Waals surface area (Å²) in [6.07, 6.45) is 0.822. The summed E-state index contributed by atoms with van der Waals surface area (Å²) in [5.41, 5.74) is 0. The molecule has 1 unspecified atom stereocenters. The maximum absolute atomic E-state index is 12.5. The van der Waals surface area contributed by atoms with Gasteiger partial charge in [0.1, 0.15) is 0 Å². The Hall–Kier alpha value is -0.440.